The molecule has 10 aromatic heterocycles. The van der Waals surface area contributed by atoms with Gasteiger partial charge in [-0.15, -0.1) is 27.7 Å². The number of nitrogens with one attached hydrogen (secondary N) is 9. The number of benzene rings is 12. The van der Waals surface area contributed by atoms with Crippen LogP contribution in [0.5, 0.6) is 23.0 Å². The van der Waals surface area contributed by atoms with Gasteiger partial charge in [0, 0.05) is 173 Å². The highest BCUT2D eigenvalue weighted by Crippen LogP contribution is 2.47. The Labute approximate surface area is 709 Å². The quantitative estimate of drug-likeness (QED) is 0.0322. The minimum Gasteiger partial charge on any atom is -0.489 e. The lowest BCUT2D eigenvalue weighted by Crippen LogP contribution is -2.37. The summed E-state index contributed by atoms with van der Waals surface area (Å²) in [5.74, 6) is 2.80. The monoisotopic (exact) mass is 1710 g/mol. The molecule has 22 aromatic rings. The topological polar surface area (TPSA) is 275 Å². The predicted octanol–water partition coefficient (Wildman–Crippen LogP) is 21.0. The van der Waals surface area contributed by atoms with Gasteiger partial charge in [-0.05, 0) is 188 Å². The maximum Gasteiger partial charge on any atom is 0.171 e. The number of halogens is 8. The SMILES string of the molecule is Cc1nnn(CCOc2c3[nH]c4ccc(F)cc4c3cc3c2[nH]c2ccc(F)cc23)n1.Cc1nnnn1CCOc1c2[nH]c3ccc(F)cc3c2cc2c1[nH]c1ccc(F)cc12.Cl.F[C@@H]1CN[C@H](COc2c3[nH]c4ccc(Cl)cc4c3cc3c2[nH]c2ccc(Cl)cc23)C1.c1ccc2c(c1)[nH]c1c(OCCCN3CCOCC3)c3[nH]c4ccccc4c3cc12. The fourth-order valence-corrected chi connectivity index (χ4v) is 17.8. The van der Waals surface area contributed by atoms with Crippen LogP contribution in [0.15, 0.2) is 182 Å². The van der Waals surface area contributed by atoms with Crippen molar-refractivity contribution in [3.63, 3.8) is 0 Å². The van der Waals surface area contributed by atoms with E-state index in [9.17, 15) is 22.0 Å². The summed E-state index contributed by atoms with van der Waals surface area (Å²) in [4.78, 5) is 31.4. The summed E-state index contributed by atoms with van der Waals surface area (Å²) in [7, 11) is 0. The highest BCUT2D eigenvalue weighted by Gasteiger charge is 2.28. The number of ether oxygens (including phenoxy) is 5. The van der Waals surface area contributed by atoms with Crippen molar-refractivity contribution in [2.75, 3.05) is 65.8 Å². The number of tetrazole rings is 2. The molecule has 123 heavy (non-hydrogen) atoms. The number of H-pyrrole nitrogens is 8. The summed E-state index contributed by atoms with van der Waals surface area (Å²) in [5, 5.41) is 43.2. The molecule has 2 aliphatic heterocycles. The number of hydrogen-bond donors (Lipinski definition) is 9. The van der Waals surface area contributed by atoms with Gasteiger partial charge in [0.2, 0.25) is 0 Å². The van der Waals surface area contributed by atoms with Crippen LogP contribution in [0.3, 0.4) is 0 Å². The zero-order valence-electron chi connectivity index (χ0n) is 66.0. The van der Waals surface area contributed by atoms with Gasteiger partial charge in [-0.1, -0.05) is 59.6 Å². The molecule has 9 N–H and O–H groups in total. The molecule has 2 fully saturated rings. The Hall–Kier alpha value is -13.2. The standard InChI is InChI=1S/C25H25N3O2.C23H18Cl2FN3O.2C22H16F2N6O.ClH/c1-3-8-21-17(6-1)19-16-20-18-7-2-4-9-22(18)27-24(20)25(23(19)26-21)30-13-5-10-28-11-14-29-15-12-28;24-11-1-3-19-15(5-11)17-8-18-16-6-12(25)2-4-20(16)29-22(18)23(21(17)28-19)30-10-14-7-13(26)9-27-14;1-11-27-28-29-30(11)6-7-31-22-20-16(14-8-12(23)2-4-18(14)25-20)10-17-15-9-13(24)3-5-19(15)26-21(17)22;1-11-27-29-30(28-11)6-7-31-22-20-16(14-8-12(23)2-4-18(14)25-20)10-17-15-9-13(24)3-5-19(15)26-21(17)22;/h1-4,6-9,16,26-27H,5,10-15H2;1-6,8,13-14,27-29H,7,9-10H2;2*2-5,8-10,25-26H,6-7H2,1H3;1H/t;13-,14-;;;/m.0.../s1. The summed E-state index contributed by atoms with van der Waals surface area (Å²) >= 11 is 12.6. The first-order valence-corrected chi connectivity index (χ1v) is 41.0. The highest BCUT2D eigenvalue weighted by molar-refractivity contribution is 6.33. The molecule has 12 heterocycles. The molecule has 2 atom stereocenters. The van der Waals surface area contributed by atoms with E-state index in [1.165, 1.54) is 74.9 Å². The number of para-hydroxylation sites is 2. The van der Waals surface area contributed by atoms with E-state index in [4.69, 9.17) is 46.9 Å². The molecule has 0 bridgehead atoms. The highest BCUT2D eigenvalue weighted by atomic mass is 35.5. The van der Waals surface area contributed by atoms with Gasteiger partial charge >= 0.3 is 0 Å². The van der Waals surface area contributed by atoms with Gasteiger partial charge in [0.25, 0.3) is 0 Å². The van der Waals surface area contributed by atoms with Crippen LogP contribution in [-0.2, 0) is 17.8 Å². The number of rotatable bonds is 16. The number of alkyl halides is 1. The minimum atomic E-state index is -0.820. The number of aryl methyl sites for hydroxylation is 2. The molecule has 0 radical (unpaired) electrons. The van der Waals surface area contributed by atoms with E-state index in [1.807, 2.05) is 55.5 Å². The Bertz CT molecular complexity index is 7480. The smallest absolute Gasteiger partial charge is 0.171 e. The summed E-state index contributed by atoms with van der Waals surface area (Å²) < 4.78 is 102. The normalized spacial score (nSPS) is 14.6. The Morgan fingerprint density at radius 2 is 0.780 bits per heavy atom. The second-order valence-corrected chi connectivity index (χ2v) is 31.8. The van der Waals surface area contributed by atoms with Gasteiger partial charge in [0.15, 0.2) is 28.8 Å². The first-order chi connectivity index (χ1) is 59.6. The second-order valence-electron chi connectivity index (χ2n) is 30.9. The molecular formula is C92H76Cl3F5N18O5. The third kappa shape index (κ3) is 14.7. The van der Waals surface area contributed by atoms with Gasteiger partial charge in [0.05, 0.1) is 77.0 Å². The summed E-state index contributed by atoms with van der Waals surface area (Å²) in [6, 6.07) is 55.2. The summed E-state index contributed by atoms with van der Waals surface area (Å²) in [5.41, 5.74) is 14.3. The van der Waals surface area contributed by atoms with E-state index in [-0.39, 0.29) is 48.3 Å². The Balaban J connectivity index is 0.000000104. The van der Waals surface area contributed by atoms with Crippen molar-refractivity contribution in [1.82, 2.24) is 90.5 Å². The van der Waals surface area contributed by atoms with Gasteiger partial charge in [0.1, 0.15) is 55.1 Å². The van der Waals surface area contributed by atoms with Crippen molar-refractivity contribution in [2.45, 2.75) is 52.0 Å². The Kier molecular flexibility index (Phi) is 20.6. The van der Waals surface area contributed by atoms with Gasteiger partial charge in [-0.3, -0.25) is 4.90 Å². The molecular weight excluding hydrogens is 1640 g/mol. The van der Waals surface area contributed by atoms with Crippen molar-refractivity contribution >= 4 is 210 Å². The van der Waals surface area contributed by atoms with E-state index >= 15 is 0 Å². The van der Waals surface area contributed by atoms with E-state index in [2.05, 4.69) is 142 Å². The lowest BCUT2D eigenvalue weighted by atomic mass is 10.1. The molecule has 24 rings (SSSR count). The molecule has 2 saturated heterocycles. The maximum atomic E-state index is 14.0. The van der Waals surface area contributed by atoms with Crippen molar-refractivity contribution in [3.8, 4) is 23.0 Å². The lowest BCUT2D eigenvalue weighted by molar-refractivity contribution is 0.0358. The van der Waals surface area contributed by atoms with Crippen LogP contribution in [0, 0.1) is 37.1 Å². The molecule has 31 heteroatoms. The number of fused-ring (bicyclic) bond motifs is 24. The largest absolute Gasteiger partial charge is 0.489 e. The number of aromatic nitrogens is 16. The molecule has 0 spiro atoms. The van der Waals surface area contributed by atoms with Gasteiger partial charge < -0.3 is 68.9 Å². The zero-order valence-corrected chi connectivity index (χ0v) is 68.3. The molecule has 0 unspecified atom stereocenters. The first kappa shape index (κ1) is 78.3. The average Bonchev–Trinajstić information content (AvgIpc) is 1.60. The van der Waals surface area contributed by atoms with Crippen LogP contribution in [0.4, 0.5) is 22.0 Å². The molecule has 0 saturated carbocycles. The molecule has 620 valence electrons. The third-order valence-corrected chi connectivity index (χ3v) is 23.7. The number of aromatic amines is 8. The minimum absolute atomic E-state index is 0. The van der Waals surface area contributed by atoms with E-state index in [0.717, 1.165) is 204 Å². The van der Waals surface area contributed by atoms with Crippen molar-refractivity contribution in [3.05, 3.63) is 227 Å². The number of nitrogens with zero attached hydrogens (tertiary/aromatic N) is 9. The fraction of sp³-hybridized carbons (Fsp3) is 0.196. The van der Waals surface area contributed by atoms with Crippen LogP contribution >= 0.6 is 35.6 Å². The second kappa shape index (κ2) is 32.3. The van der Waals surface area contributed by atoms with Gasteiger partial charge in [-0.25, -0.2) is 26.6 Å². The third-order valence-electron chi connectivity index (χ3n) is 23.2. The fourth-order valence-electron chi connectivity index (χ4n) is 17.4. The van der Waals surface area contributed by atoms with Crippen LogP contribution in [0.1, 0.15) is 24.5 Å². The van der Waals surface area contributed by atoms with Crippen molar-refractivity contribution in [2.24, 2.45) is 0 Å². The van der Waals surface area contributed by atoms with Crippen LogP contribution < -0.4 is 24.3 Å². The zero-order chi connectivity index (χ0) is 82.5. The molecule has 0 aliphatic carbocycles. The molecule has 0 amide bonds. The van der Waals surface area contributed by atoms with Crippen LogP contribution in [-0.4, -0.2) is 163 Å². The van der Waals surface area contributed by atoms with Crippen molar-refractivity contribution in [1.29, 1.82) is 0 Å². The van der Waals surface area contributed by atoms with Gasteiger partial charge in [-0.2, -0.15) is 4.80 Å². The summed E-state index contributed by atoms with van der Waals surface area (Å²) in [6.07, 6.45) is 0.641. The van der Waals surface area contributed by atoms with Crippen LogP contribution in [0.25, 0.3) is 174 Å². The van der Waals surface area contributed by atoms with E-state index in [1.54, 1.807) is 35.9 Å². The first-order valence-electron chi connectivity index (χ1n) is 40.2. The lowest BCUT2D eigenvalue weighted by Gasteiger charge is -2.26. The average molecular weight is 1720 g/mol. The van der Waals surface area contributed by atoms with Crippen molar-refractivity contribution < 1.29 is 45.6 Å². The molecule has 12 aromatic carbocycles. The molecule has 23 nitrogen and oxygen atoms in total. The maximum absolute atomic E-state index is 14.0. The Morgan fingerprint density at radius 3 is 1.17 bits per heavy atom. The number of morpholine rings is 1. The Morgan fingerprint density at radius 1 is 0.407 bits per heavy atom. The molecule has 2 aliphatic rings. The van der Waals surface area contributed by atoms with E-state index < -0.39 is 6.17 Å². The predicted molar refractivity (Wildman–Crippen MR) is 478 cm³/mol. The summed E-state index contributed by atoms with van der Waals surface area (Å²) in [6.45, 7) is 11.3. The van der Waals surface area contributed by atoms with Crippen LogP contribution in [0.2, 0.25) is 10.0 Å². The van der Waals surface area contributed by atoms with E-state index in [0.29, 0.717) is 79.1 Å². The number of hydrogen-bond acceptors (Lipinski definition) is 13.